The predicted molar refractivity (Wildman–Crippen MR) is 81.9 cm³/mol. The molecule has 8 heteroatoms. The van der Waals surface area contributed by atoms with Gasteiger partial charge < -0.3 is 9.47 Å². The highest BCUT2D eigenvalue weighted by Gasteiger charge is 2.33. The van der Waals surface area contributed by atoms with Gasteiger partial charge in [-0.3, -0.25) is 0 Å². The number of benzene rings is 1. The van der Waals surface area contributed by atoms with E-state index in [0.29, 0.717) is 11.1 Å². The zero-order valence-corrected chi connectivity index (χ0v) is 15.0. The maximum Gasteiger partial charge on any atom is 0.241 e. The molecule has 5 nitrogen and oxygen atoms in total. The van der Waals surface area contributed by atoms with Crippen molar-refractivity contribution in [3.63, 3.8) is 0 Å². The molecule has 1 atom stereocenters. The zero-order valence-electron chi connectivity index (χ0n) is 11.0. The number of hydrogen-bond acceptors (Lipinski definition) is 4. The second kappa shape index (κ2) is 6.02. The Kier molecular flexibility index (Phi) is 4.93. The molecule has 112 valence electrons. The maximum atomic E-state index is 12.2. The van der Waals surface area contributed by atoms with Crippen LogP contribution in [-0.2, 0) is 19.5 Å². The molecule has 1 aromatic rings. The van der Waals surface area contributed by atoms with Crippen molar-refractivity contribution in [2.45, 2.75) is 30.6 Å². The minimum Gasteiger partial charge on any atom is -0.348 e. The highest BCUT2D eigenvalue weighted by Crippen LogP contribution is 2.26. The smallest absolute Gasteiger partial charge is 0.241 e. The Morgan fingerprint density at radius 1 is 1.40 bits per heavy atom. The molecule has 1 N–H and O–H groups in total. The van der Waals surface area contributed by atoms with E-state index in [9.17, 15) is 8.42 Å². The normalized spacial score (nSPS) is 22.1. The van der Waals surface area contributed by atoms with Crippen molar-refractivity contribution < 1.29 is 17.9 Å². The summed E-state index contributed by atoms with van der Waals surface area (Å²) in [6, 6.07) is 4.90. The molecule has 20 heavy (non-hydrogen) atoms. The summed E-state index contributed by atoms with van der Waals surface area (Å²) in [5.41, 5.74) is 0. The second-order valence-electron chi connectivity index (χ2n) is 4.88. The van der Waals surface area contributed by atoms with Crippen LogP contribution in [0.4, 0.5) is 0 Å². The summed E-state index contributed by atoms with van der Waals surface area (Å²) < 4.78 is 39.3. The minimum absolute atomic E-state index is 0.175. The molecule has 0 radical (unpaired) electrons. The Morgan fingerprint density at radius 2 is 2.10 bits per heavy atom. The Labute approximate surface area is 135 Å². The molecule has 1 saturated heterocycles. The fourth-order valence-corrected chi connectivity index (χ4v) is 4.65. The molecular weight excluding hydrogens is 414 g/mol. The second-order valence-corrected chi connectivity index (χ2v) is 8.38. The van der Waals surface area contributed by atoms with Crippen LogP contribution in [0, 0.1) is 0 Å². The molecule has 0 aliphatic carbocycles. The maximum absolute atomic E-state index is 12.2. The molecule has 0 saturated carbocycles. The standard InChI is InChI=1S/C12H15Br2NO4S/c1-12(2)18-7-9(19-12)6-15-20(16,17)11-4-3-8(13)5-10(11)14/h3-5,9,15H,6-7H2,1-2H3. The Bertz CT molecular complexity index is 603. The van der Waals surface area contributed by atoms with Crippen molar-refractivity contribution in [3.8, 4) is 0 Å². The van der Waals surface area contributed by atoms with E-state index in [4.69, 9.17) is 9.47 Å². The van der Waals surface area contributed by atoms with Crippen molar-refractivity contribution in [3.05, 3.63) is 27.1 Å². The van der Waals surface area contributed by atoms with Gasteiger partial charge in [-0.1, -0.05) is 15.9 Å². The van der Waals surface area contributed by atoms with E-state index >= 15 is 0 Å². The van der Waals surface area contributed by atoms with E-state index in [1.165, 1.54) is 6.07 Å². The van der Waals surface area contributed by atoms with Crippen molar-refractivity contribution in [2.75, 3.05) is 13.2 Å². The van der Waals surface area contributed by atoms with Gasteiger partial charge in [-0.05, 0) is 48.0 Å². The third-order valence-electron chi connectivity index (χ3n) is 2.75. The Morgan fingerprint density at radius 3 is 2.65 bits per heavy atom. The van der Waals surface area contributed by atoms with E-state index in [-0.39, 0.29) is 17.5 Å². The molecule has 0 amide bonds. The summed E-state index contributed by atoms with van der Waals surface area (Å²) in [4.78, 5) is 0.193. The number of ether oxygens (including phenoxy) is 2. The van der Waals surface area contributed by atoms with Gasteiger partial charge in [0.1, 0.15) is 0 Å². The predicted octanol–water partition coefficient (Wildman–Crippen LogP) is 2.64. The molecule has 1 aliphatic heterocycles. The third kappa shape index (κ3) is 4.02. The van der Waals surface area contributed by atoms with Crippen LogP contribution in [0.2, 0.25) is 0 Å². The monoisotopic (exact) mass is 427 g/mol. The van der Waals surface area contributed by atoms with Crippen LogP contribution in [0.3, 0.4) is 0 Å². The number of rotatable bonds is 4. The molecule has 0 spiro atoms. The van der Waals surface area contributed by atoms with Gasteiger partial charge in [0.2, 0.25) is 10.0 Å². The van der Waals surface area contributed by atoms with Crippen LogP contribution in [0.1, 0.15) is 13.8 Å². The lowest BCUT2D eigenvalue weighted by molar-refractivity contribution is -0.137. The molecular formula is C12H15Br2NO4S. The molecule has 0 aromatic heterocycles. The van der Waals surface area contributed by atoms with Crippen LogP contribution in [0.25, 0.3) is 0 Å². The first-order valence-corrected chi connectivity index (χ1v) is 9.03. The molecule has 0 bridgehead atoms. The summed E-state index contributed by atoms with van der Waals surface area (Å²) in [5.74, 6) is -0.658. The molecule has 1 heterocycles. The number of hydrogen-bond donors (Lipinski definition) is 1. The van der Waals surface area contributed by atoms with Crippen molar-refractivity contribution in [2.24, 2.45) is 0 Å². The summed E-state index contributed by atoms with van der Waals surface area (Å²) in [6.45, 7) is 4.14. The van der Waals surface area contributed by atoms with Gasteiger partial charge in [0.05, 0.1) is 17.6 Å². The van der Waals surface area contributed by atoms with Crippen LogP contribution in [0.5, 0.6) is 0 Å². The summed E-state index contributed by atoms with van der Waals surface area (Å²) >= 11 is 6.54. The van der Waals surface area contributed by atoms with E-state index in [1.54, 1.807) is 26.0 Å². The van der Waals surface area contributed by atoms with E-state index in [0.717, 1.165) is 4.47 Å². The lowest BCUT2D eigenvalue weighted by Gasteiger charge is -2.17. The number of sulfonamides is 1. The first-order valence-electron chi connectivity index (χ1n) is 5.96. The molecule has 2 rings (SSSR count). The minimum atomic E-state index is -3.59. The summed E-state index contributed by atoms with van der Waals surface area (Å²) in [6.07, 6.45) is -0.283. The number of halogens is 2. The van der Waals surface area contributed by atoms with Gasteiger partial charge in [-0.25, -0.2) is 13.1 Å². The fourth-order valence-electron chi connectivity index (χ4n) is 1.84. The van der Waals surface area contributed by atoms with Crippen molar-refractivity contribution in [1.82, 2.24) is 4.72 Å². The SMILES string of the molecule is CC1(C)OCC(CNS(=O)(=O)c2ccc(Br)cc2Br)O1. The third-order valence-corrected chi connectivity index (χ3v) is 5.65. The number of nitrogens with one attached hydrogen (secondary N) is 1. The first kappa shape index (κ1) is 16.4. The van der Waals surface area contributed by atoms with Crippen LogP contribution in [0.15, 0.2) is 32.0 Å². The van der Waals surface area contributed by atoms with Crippen LogP contribution < -0.4 is 4.72 Å². The topological polar surface area (TPSA) is 64.6 Å². The molecule has 1 unspecified atom stereocenters. The molecule has 1 fully saturated rings. The largest absolute Gasteiger partial charge is 0.348 e. The van der Waals surface area contributed by atoms with Crippen LogP contribution >= 0.6 is 31.9 Å². The average molecular weight is 429 g/mol. The van der Waals surface area contributed by atoms with Crippen molar-refractivity contribution >= 4 is 41.9 Å². The van der Waals surface area contributed by atoms with Gasteiger partial charge in [0.25, 0.3) is 0 Å². The molecule has 1 aliphatic rings. The Balaban J connectivity index is 2.05. The van der Waals surface area contributed by atoms with Gasteiger partial charge in [0.15, 0.2) is 5.79 Å². The lowest BCUT2D eigenvalue weighted by Crippen LogP contribution is -2.34. The quantitative estimate of drug-likeness (QED) is 0.800. The van der Waals surface area contributed by atoms with E-state index in [2.05, 4.69) is 36.6 Å². The van der Waals surface area contributed by atoms with Gasteiger partial charge in [-0.2, -0.15) is 0 Å². The Hall–Kier alpha value is 0.01000. The highest BCUT2D eigenvalue weighted by atomic mass is 79.9. The van der Waals surface area contributed by atoms with E-state index < -0.39 is 15.8 Å². The zero-order chi connectivity index (χ0) is 15.0. The lowest BCUT2D eigenvalue weighted by atomic mass is 10.4. The first-order chi connectivity index (χ1) is 9.20. The van der Waals surface area contributed by atoms with Crippen molar-refractivity contribution in [1.29, 1.82) is 0 Å². The molecule has 1 aromatic carbocycles. The van der Waals surface area contributed by atoms with Gasteiger partial charge in [-0.15, -0.1) is 0 Å². The average Bonchev–Trinajstić information content (AvgIpc) is 2.66. The summed E-state index contributed by atoms with van der Waals surface area (Å²) in [7, 11) is -3.59. The van der Waals surface area contributed by atoms with Gasteiger partial charge >= 0.3 is 0 Å². The highest BCUT2D eigenvalue weighted by molar-refractivity contribution is 9.11. The van der Waals surface area contributed by atoms with E-state index in [1.807, 2.05) is 0 Å². The summed E-state index contributed by atoms with van der Waals surface area (Å²) in [5, 5.41) is 0. The van der Waals surface area contributed by atoms with Crippen LogP contribution in [-0.4, -0.2) is 33.5 Å². The fraction of sp³-hybridized carbons (Fsp3) is 0.500. The van der Waals surface area contributed by atoms with Gasteiger partial charge in [0, 0.05) is 15.5 Å².